The van der Waals surface area contributed by atoms with Gasteiger partial charge >= 0.3 is 0 Å². The highest BCUT2D eigenvalue weighted by Gasteiger charge is 2.15. The minimum Gasteiger partial charge on any atom is -0.325 e. The minimum atomic E-state index is -0.441. The van der Waals surface area contributed by atoms with E-state index in [2.05, 4.69) is 27.5 Å². The first-order valence-corrected chi connectivity index (χ1v) is 10.4. The van der Waals surface area contributed by atoms with Crippen molar-refractivity contribution in [2.75, 3.05) is 5.32 Å². The number of benzene rings is 2. The maximum atomic E-state index is 12.8. The van der Waals surface area contributed by atoms with Gasteiger partial charge in [0.15, 0.2) is 11.2 Å². The lowest BCUT2D eigenvalue weighted by atomic mass is 10.1. The molecule has 0 saturated carbocycles. The molecule has 0 saturated heterocycles. The number of fused-ring (bicyclic) bond motifs is 1. The van der Waals surface area contributed by atoms with Crippen LogP contribution in [0, 0.1) is 0 Å². The van der Waals surface area contributed by atoms with Crippen LogP contribution in [0.3, 0.4) is 0 Å². The maximum Gasteiger partial charge on any atom is 0.284 e. The number of nitrogens with zero attached hydrogens (tertiary/aromatic N) is 5. The normalized spacial score (nSPS) is 11.0. The summed E-state index contributed by atoms with van der Waals surface area (Å²) in [5, 5.41) is 11.3. The first-order chi connectivity index (χ1) is 15.0. The summed E-state index contributed by atoms with van der Waals surface area (Å²) in [5.74, 6) is -0.327. The number of rotatable bonds is 7. The minimum absolute atomic E-state index is 0.0792. The van der Waals surface area contributed by atoms with E-state index in [1.165, 1.54) is 21.1 Å². The Balaban J connectivity index is 1.50. The maximum absolute atomic E-state index is 12.8. The number of hydrogen-bond donors (Lipinski definition) is 1. The number of amides is 1. The Morgan fingerprint density at radius 1 is 1.16 bits per heavy atom. The average molecular weight is 437 g/mol. The molecule has 158 valence electrons. The highest BCUT2D eigenvalue weighted by atomic mass is 35.5. The van der Waals surface area contributed by atoms with Gasteiger partial charge in [-0.25, -0.2) is 4.98 Å². The second-order valence-electron chi connectivity index (χ2n) is 7.18. The first kappa shape index (κ1) is 20.7. The molecule has 9 heteroatoms. The van der Waals surface area contributed by atoms with Gasteiger partial charge in [0.1, 0.15) is 12.9 Å². The third kappa shape index (κ3) is 4.64. The van der Waals surface area contributed by atoms with Gasteiger partial charge in [0, 0.05) is 10.7 Å². The standard InChI is InChI=1S/C22H21ClN6O2/c1-2-3-5-15-8-10-17(11-9-15)25-19(30)13-28-14-24-21-20(22(28)31)26-27-29(21)18-7-4-6-16(23)12-18/h4,6-12,14H,2-3,5,13H2,1H3,(H,25,30). The molecule has 2 aromatic heterocycles. The number of unbranched alkanes of at least 4 members (excludes halogenated alkanes) is 1. The van der Waals surface area contributed by atoms with Crippen LogP contribution in [0.2, 0.25) is 5.02 Å². The smallest absolute Gasteiger partial charge is 0.284 e. The Kier molecular flexibility index (Phi) is 6.08. The number of halogens is 1. The summed E-state index contributed by atoms with van der Waals surface area (Å²) in [6, 6.07) is 14.7. The number of aromatic nitrogens is 5. The van der Waals surface area contributed by atoms with Crippen molar-refractivity contribution >= 4 is 34.4 Å². The van der Waals surface area contributed by atoms with Gasteiger partial charge in [-0.1, -0.05) is 48.4 Å². The van der Waals surface area contributed by atoms with Crippen molar-refractivity contribution in [2.45, 2.75) is 32.7 Å². The van der Waals surface area contributed by atoms with Crippen LogP contribution in [-0.4, -0.2) is 30.5 Å². The predicted octanol–water partition coefficient (Wildman–Crippen LogP) is 3.61. The van der Waals surface area contributed by atoms with Crippen LogP contribution in [0.25, 0.3) is 16.9 Å². The van der Waals surface area contributed by atoms with Gasteiger partial charge < -0.3 is 5.32 Å². The molecule has 2 aromatic carbocycles. The predicted molar refractivity (Wildman–Crippen MR) is 120 cm³/mol. The number of carbonyl (C=O) groups is 1. The van der Waals surface area contributed by atoms with Gasteiger partial charge in [-0.2, -0.15) is 4.68 Å². The average Bonchev–Trinajstić information content (AvgIpc) is 3.20. The molecule has 0 spiro atoms. The molecule has 8 nitrogen and oxygen atoms in total. The van der Waals surface area contributed by atoms with Crippen LogP contribution in [0.4, 0.5) is 5.69 Å². The molecule has 0 bridgehead atoms. The Bertz CT molecular complexity index is 1280. The molecular weight excluding hydrogens is 416 g/mol. The fourth-order valence-corrected chi connectivity index (χ4v) is 3.41. The SMILES string of the molecule is CCCCc1ccc(NC(=O)Cn2cnc3c(nnn3-c3cccc(Cl)c3)c2=O)cc1. The zero-order valence-electron chi connectivity index (χ0n) is 17.0. The highest BCUT2D eigenvalue weighted by Crippen LogP contribution is 2.16. The Morgan fingerprint density at radius 3 is 2.71 bits per heavy atom. The summed E-state index contributed by atoms with van der Waals surface area (Å²) >= 11 is 6.03. The van der Waals surface area contributed by atoms with Crippen molar-refractivity contribution in [3.05, 3.63) is 75.8 Å². The molecular formula is C22H21ClN6O2. The van der Waals surface area contributed by atoms with Crippen LogP contribution in [0.1, 0.15) is 25.3 Å². The molecule has 0 unspecified atom stereocenters. The summed E-state index contributed by atoms with van der Waals surface area (Å²) in [7, 11) is 0. The zero-order chi connectivity index (χ0) is 21.8. The number of nitrogens with one attached hydrogen (secondary N) is 1. The van der Waals surface area contributed by atoms with E-state index in [9.17, 15) is 9.59 Å². The van der Waals surface area contributed by atoms with Crippen molar-refractivity contribution in [1.29, 1.82) is 0 Å². The summed E-state index contributed by atoms with van der Waals surface area (Å²) in [4.78, 5) is 29.5. The van der Waals surface area contributed by atoms with Crippen LogP contribution < -0.4 is 10.9 Å². The zero-order valence-corrected chi connectivity index (χ0v) is 17.7. The fraction of sp³-hybridized carbons (Fsp3) is 0.227. The van der Waals surface area contributed by atoms with E-state index in [0.717, 1.165) is 19.3 Å². The summed E-state index contributed by atoms with van der Waals surface area (Å²) in [6.45, 7) is 1.98. The third-order valence-electron chi connectivity index (χ3n) is 4.85. The molecule has 31 heavy (non-hydrogen) atoms. The Hall–Kier alpha value is -3.52. The molecule has 0 aliphatic rings. The first-order valence-electron chi connectivity index (χ1n) is 10.0. The van der Waals surface area contributed by atoms with Crippen LogP contribution in [-0.2, 0) is 17.8 Å². The van der Waals surface area contributed by atoms with Crippen molar-refractivity contribution in [2.24, 2.45) is 0 Å². The number of aryl methyl sites for hydroxylation is 1. The molecule has 0 atom stereocenters. The number of hydrogen-bond acceptors (Lipinski definition) is 5. The summed E-state index contributed by atoms with van der Waals surface area (Å²) < 4.78 is 2.65. The lowest BCUT2D eigenvalue weighted by Crippen LogP contribution is -2.28. The second kappa shape index (κ2) is 9.09. The molecule has 1 amide bonds. The molecule has 0 fully saturated rings. The number of carbonyl (C=O) groups excluding carboxylic acids is 1. The number of anilines is 1. The Morgan fingerprint density at radius 2 is 1.97 bits per heavy atom. The highest BCUT2D eigenvalue weighted by molar-refractivity contribution is 6.30. The van der Waals surface area contributed by atoms with Gasteiger partial charge in [0.25, 0.3) is 5.56 Å². The van der Waals surface area contributed by atoms with E-state index in [1.54, 1.807) is 24.3 Å². The quantitative estimate of drug-likeness (QED) is 0.477. The third-order valence-corrected chi connectivity index (χ3v) is 5.09. The summed E-state index contributed by atoms with van der Waals surface area (Å²) in [6.07, 6.45) is 4.61. The van der Waals surface area contributed by atoms with Gasteiger partial charge in [-0.3, -0.25) is 14.2 Å². The summed E-state index contributed by atoms with van der Waals surface area (Å²) in [5.41, 5.74) is 2.48. The van der Waals surface area contributed by atoms with Crippen LogP contribution in [0.15, 0.2) is 59.7 Å². The van der Waals surface area contributed by atoms with E-state index < -0.39 is 5.56 Å². The van der Waals surface area contributed by atoms with E-state index in [4.69, 9.17) is 11.6 Å². The van der Waals surface area contributed by atoms with E-state index >= 15 is 0 Å². The molecule has 4 rings (SSSR count). The van der Waals surface area contributed by atoms with Gasteiger partial charge in [-0.05, 0) is 48.7 Å². The van der Waals surface area contributed by atoms with Gasteiger partial charge in [-0.15, -0.1) is 5.10 Å². The van der Waals surface area contributed by atoms with E-state index in [0.29, 0.717) is 22.0 Å². The molecule has 4 aromatic rings. The van der Waals surface area contributed by atoms with Crippen molar-refractivity contribution in [1.82, 2.24) is 24.5 Å². The lowest BCUT2D eigenvalue weighted by Gasteiger charge is -2.08. The monoisotopic (exact) mass is 436 g/mol. The Labute approximate surface area is 183 Å². The molecule has 0 aliphatic heterocycles. The molecule has 0 radical (unpaired) electrons. The van der Waals surface area contributed by atoms with E-state index in [1.807, 2.05) is 24.3 Å². The van der Waals surface area contributed by atoms with E-state index in [-0.39, 0.29) is 18.0 Å². The van der Waals surface area contributed by atoms with Crippen LogP contribution >= 0.6 is 11.6 Å². The van der Waals surface area contributed by atoms with Gasteiger partial charge in [0.2, 0.25) is 5.91 Å². The van der Waals surface area contributed by atoms with Crippen LogP contribution in [0.5, 0.6) is 0 Å². The molecule has 2 heterocycles. The fourth-order valence-electron chi connectivity index (χ4n) is 3.23. The van der Waals surface area contributed by atoms with Crippen molar-refractivity contribution in [3.8, 4) is 5.69 Å². The van der Waals surface area contributed by atoms with Crippen molar-refractivity contribution < 1.29 is 4.79 Å². The molecule has 1 N–H and O–H groups in total. The lowest BCUT2D eigenvalue weighted by molar-refractivity contribution is -0.116. The topological polar surface area (TPSA) is 94.7 Å². The largest absolute Gasteiger partial charge is 0.325 e. The second-order valence-corrected chi connectivity index (χ2v) is 7.62. The van der Waals surface area contributed by atoms with Crippen molar-refractivity contribution in [3.63, 3.8) is 0 Å². The molecule has 0 aliphatic carbocycles. The van der Waals surface area contributed by atoms with Gasteiger partial charge in [0.05, 0.1) is 5.69 Å².